The number of aliphatic hydroxyl groups is 1. The second-order valence-electron chi connectivity index (χ2n) is 8.42. The van der Waals surface area contributed by atoms with Crippen LogP contribution >= 0.6 is 11.3 Å². The van der Waals surface area contributed by atoms with Gasteiger partial charge in [0.15, 0.2) is 17.2 Å². The molecule has 5 rings (SSSR count). The van der Waals surface area contributed by atoms with Gasteiger partial charge in [0, 0.05) is 40.9 Å². The molecule has 0 aliphatic heterocycles. The minimum atomic E-state index is -1.34. The van der Waals surface area contributed by atoms with E-state index in [-0.39, 0.29) is 0 Å². The highest BCUT2D eigenvalue weighted by Crippen LogP contribution is 2.27. The quantitative estimate of drug-likeness (QED) is 0.298. The Morgan fingerprint density at radius 2 is 1.95 bits per heavy atom. The highest BCUT2D eigenvalue weighted by atomic mass is 32.1. The lowest BCUT2D eigenvalue weighted by molar-refractivity contribution is 0.122. The first-order chi connectivity index (χ1) is 18.5. The van der Waals surface area contributed by atoms with Crippen LogP contribution in [0, 0.1) is 11.8 Å². The number of nitrogens with zero attached hydrogens (tertiary/aromatic N) is 5. The Kier molecular flexibility index (Phi) is 7.13. The fraction of sp³-hybridized carbons (Fsp3) is 0.179. The summed E-state index contributed by atoms with van der Waals surface area (Å²) in [6, 6.07) is 13.2. The fourth-order valence-electron chi connectivity index (χ4n) is 3.75. The maximum absolute atomic E-state index is 10.7. The monoisotopic (exact) mass is 524 g/mol. The standard InChI is InChI=1S/C28H24N6O3S/c1-28(35,27-29-11-12-38-27)10-9-18-5-4-6-19(13-18)25-31-16-22-24(34-25)26(33-17-32-22)30-15-20-7-8-21(36-2)14-23(20)37-3/h4-8,11-14,16-17,35H,15H2,1-3H3,(H,30,32,33)/t28-/m1/s1. The topological polar surface area (TPSA) is 115 Å². The number of ether oxygens (including phenoxy) is 2. The number of fused-ring (bicyclic) bond motifs is 1. The minimum Gasteiger partial charge on any atom is -0.497 e. The third-order valence-corrected chi connectivity index (χ3v) is 6.72. The molecule has 1 atom stereocenters. The van der Waals surface area contributed by atoms with Crippen LogP contribution in [0.5, 0.6) is 11.5 Å². The third-order valence-electron chi connectivity index (χ3n) is 5.74. The first kappa shape index (κ1) is 25.1. The molecule has 2 aromatic carbocycles. The molecule has 0 aliphatic rings. The van der Waals surface area contributed by atoms with Crippen molar-refractivity contribution < 1.29 is 14.6 Å². The Hall–Kier alpha value is -4.59. The highest BCUT2D eigenvalue weighted by Gasteiger charge is 2.22. The van der Waals surface area contributed by atoms with Gasteiger partial charge in [-0.15, -0.1) is 11.3 Å². The zero-order chi connectivity index (χ0) is 26.5. The summed E-state index contributed by atoms with van der Waals surface area (Å²) >= 11 is 1.36. The van der Waals surface area contributed by atoms with E-state index in [0.29, 0.717) is 45.7 Å². The largest absolute Gasteiger partial charge is 0.497 e. The van der Waals surface area contributed by atoms with Crippen molar-refractivity contribution in [3.8, 4) is 34.7 Å². The molecule has 38 heavy (non-hydrogen) atoms. The number of hydrogen-bond donors (Lipinski definition) is 2. The van der Waals surface area contributed by atoms with Crippen molar-refractivity contribution in [2.75, 3.05) is 19.5 Å². The Bertz CT molecular complexity index is 1640. The molecule has 0 aliphatic carbocycles. The summed E-state index contributed by atoms with van der Waals surface area (Å²) in [5.74, 6) is 8.46. The Morgan fingerprint density at radius 1 is 1.05 bits per heavy atom. The molecule has 0 saturated heterocycles. The first-order valence-electron chi connectivity index (χ1n) is 11.7. The molecule has 2 N–H and O–H groups in total. The molecule has 9 nitrogen and oxygen atoms in total. The number of anilines is 1. The number of rotatable bonds is 7. The zero-order valence-corrected chi connectivity index (χ0v) is 21.8. The Labute approximate surface area is 223 Å². The summed E-state index contributed by atoms with van der Waals surface area (Å²) in [5, 5.41) is 16.4. The van der Waals surface area contributed by atoms with Crippen LogP contribution in [-0.4, -0.2) is 44.2 Å². The Morgan fingerprint density at radius 3 is 2.74 bits per heavy atom. The predicted octanol–water partition coefficient (Wildman–Crippen LogP) is 4.43. The minimum absolute atomic E-state index is 0.461. The summed E-state index contributed by atoms with van der Waals surface area (Å²) < 4.78 is 10.8. The van der Waals surface area contributed by atoms with E-state index < -0.39 is 5.60 Å². The van der Waals surface area contributed by atoms with Gasteiger partial charge in [0.1, 0.15) is 33.9 Å². The highest BCUT2D eigenvalue weighted by molar-refractivity contribution is 7.09. The van der Waals surface area contributed by atoms with Gasteiger partial charge in [0.05, 0.1) is 20.4 Å². The summed E-state index contributed by atoms with van der Waals surface area (Å²) in [5.41, 5.74) is 2.30. The lowest BCUT2D eigenvalue weighted by Crippen LogP contribution is -2.17. The number of aromatic nitrogens is 5. The maximum Gasteiger partial charge on any atom is 0.174 e. The maximum atomic E-state index is 10.7. The molecular weight excluding hydrogens is 500 g/mol. The average molecular weight is 525 g/mol. The van der Waals surface area contributed by atoms with Gasteiger partial charge in [-0.05, 0) is 31.2 Å². The van der Waals surface area contributed by atoms with Gasteiger partial charge in [0.2, 0.25) is 0 Å². The van der Waals surface area contributed by atoms with E-state index in [2.05, 4.69) is 37.1 Å². The average Bonchev–Trinajstić information content (AvgIpc) is 3.51. The number of methoxy groups -OCH3 is 2. The van der Waals surface area contributed by atoms with E-state index in [9.17, 15) is 5.11 Å². The number of hydrogen-bond acceptors (Lipinski definition) is 10. The van der Waals surface area contributed by atoms with Gasteiger partial charge in [-0.25, -0.2) is 24.9 Å². The van der Waals surface area contributed by atoms with E-state index >= 15 is 0 Å². The van der Waals surface area contributed by atoms with Crippen molar-refractivity contribution >= 4 is 28.2 Å². The normalized spacial score (nSPS) is 12.3. The van der Waals surface area contributed by atoms with Crippen LogP contribution in [0.4, 0.5) is 5.82 Å². The van der Waals surface area contributed by atoms with E-state index in [4.69, 9.17) is 14.5 Å². The molecule has 3 heterocycles. The van der Waals surface area contributed by atoms with E-state index in [1.165, 1.54) is 17.7 Å². The summed E-state index contributed by atoms with van der Waals surface area (Å²) in [6.45, 7) is 2.09. The van der Waals surface area contributed by atoms with Gasteiger partial charge in [-0.1, -0.05) is 24.0 Å². The van der Waals surface area contributed by atoms with Crippen molar-refractivity contribution in [2.45, 2.75) is 19.1 Å². The van der Waals surface area contributed by atoms with Gasteiger partial charge >= 0.3 is 0 Å². The van der Waals surface area contributed by atoms with Crippen molar-refractivity contribution in [2.24, 2.45) is 0 Å². The molecule has 0 fully saturated rings. The van der Waals surface area contributed by atoms with Crippen molar-refractivity contribution in [1.29, 1.82) is 0 Å². The van der Waals surface area contributed by atoms with Crippen LogP contribution in [-0.2, 0) is 12.1 Å². The van der Waals surface area contributed by atoms with Crippen molar-refractivity contribution in [1.82, 2.24) is 24.9 Å². The molecule has 0 spiro atoms. The van der Waals surface area contributed by atoms with Gasteiger partial charge < -0.3 is 19.9 Å². The third kappa shape index (κ3) is 5.39. The number of thiazole rings is 1. The first-order valence-corrected chi connectivity index (χ1v) is 12.5. The van der Waals surface area contributed by atoms with Crippen molar-refractivity contribution in [3.05, 3.63) is 82.7 Å². The van der Waals surface area contributed by atoms with Crippen LogP contribution in [0.25, 0.3) is 22.4 Å². The van der Waals surface area contributed by atoms with Crippen LogP contribution < -0.4 is 14.8 Å². The lowest BCUT2D eigenvalue weighted by atomic mass is 10.1. The van der Waals surface area contributed by atoms with Gasteiger partial charge in [0.25, 0.3) is 0 Å². The number of benzene rings is 2. The Balaban J connectivity index is 1.42. The van der Waals surface area contributed by atoms with Crippen LogP contribution in [0.15, 0.2) is 66.6 Å². The van der Waals surface area contributed by atoms with E-state index in [1.807, 2.05) is 47.8 Å². The van der Waals surface area contributed by atoms with Gasteiger partial charge in [-0.3, -0.25) is 0 Å². The molecule has 190 valence electrons. The molecule has 0 radical (unpaired) electrons. The number of nitrogens with one attached hydrogen (secondary N) is 1. The summed E-state index contributed by atoms with van der Waals surface area (Å²) in [4.78, 5) is 22.2. The van der Waals surface area contributed by atoms with Gasteiger partial charge in [-0.2, -0.15) is 0 Å². The van der Waals surface area contributed by atoms with Crippen LogP contribution in [0.1, 0.15) is 23.1 Å². The van der Waals surface area contributed by atoms with Crippen LogP contribution in [0.3, 0.4) is 0 Å². The summed E-state index contributed by atoms with van der Waals surface area (Å²) in [6.07, 6.45) is 4.79. The second kappa shape index (κ2) is 10.8. The van der Waals surface area contributed by atoms with E-state index in [1.54, 1.807) is 33.5 Å². The predicted molar refractivity (Wildman–Crippen MR) is 146 cm³/mol. The SMILES string of the molecule is COc1ccc(CNc2ncnc3cnc(-c4cccc(C#C[C@@](C)(O)c5nccs5)c4)nc23)c(OC)c1. The smallest absolute Gasteiger partial charge is 0.174 e. The summed E-state index contributed by atoms with van der Waals surface area (Å²) in [7, 11) is 3.24. The lowest BCUT2D eigenvalue weighted by Gasteiger charge is -2.12. The zero-order valence-electron chi connectivity index (χ0n) is 21.0. The fourth-order valence-corrected chi connectivity index (χ4v) is 4.40. The molecular formula is C28H24N6O3S. The van der Waals surface area contributed by atoms with E-state index in [0.717, 1.165) is 16.7 Å². The molecule has 0 bridgehead atoms. The van der Waals surface area contributed by atoms with Crippen molar-refractivity contribution in [3.63, 3.8) is 0 Å². The van der Waals surface area contributed by atoms with Crippen LogP contribution in [0.2, 0.25) is 0 Å². The molecule has 5 aromatic rings. The molecule has 0 unspecified atom stereocenters. The molecule has 0 amide bonds. The molecule has 10 heteroatoms. The molecule has 0 saturated carbocycles. The second-order valence-corrected chi connectivity index (χ2v) is 9.32. The molecule has 3 aromatic heterocycles.